The summed E-state index contributed by atoms with van der Waals surface area (Å²) in [6, 6.07) is 8.64. The zero-order valence-corrected chi connectivity index (χ0v) is 8.13. The lowest BCUT2D eigenvalue weighted by Crippen LogP contribution is -1.87. The van der Waals surface area contributed by atoms with Crippen LogP contribution in [0.15, 0.2) is 24.3 Å². The molecule has 1 radical (unpaired) electrons. The number of benzene rings is 1. The molecule has 0 bridgehead atoms. The zero-order chi connectivity index (χ0) is 7.40. The molecule has 10 heavy (non-hydrogen) atoms. The van der Waals surface area contributed by atoms with Crippen LogP contribution >= 0.6 is 22.4 Å². The van der Waals surface area contributed by atoms with Gasteiger partial charge in [-0.3, -0.25) is 0 Å². The third-order valence-corrected chi connectivity index (χ3v) is 1.87. The van der Waals surface area contributed by atoms with Crippen molar-refractivity contribution in [3.63, 3.8) is 0 Å². The van der Waals surface area contributed by atoms with E-state index in [9.17, 15) is 0 Å². The Bertz CT molecular complexity index is 193. The minimum absolute atomic E-state index is 1.07. The third kappa shape index (κ3) is 2.33. The zero-order valence-electron chi connectivity index (χ0n) is 5.97. The molecule has 0 aromatic heterocycles. The quantitative estimate of drug-likeness (QED) is 0.553. The molecular weight excluding hydrogens is 234 g/mol. The SMILES string of the molecule is Cc1ccc(C[B]I)cc1. The van der Waals surface area contributed by atoms with Crippen molar-refractivity contribution in [3.8, 4) is 0 Å². The first-order valence-electron chi connectivity index (χ1n) is 3.30. The second kappa shape index (κ2) is 4.01. The molecule has 0 unspecified atom stereocenters. The number of rotatable bonds is 2. The summed E-state index contributed by atoms with van der Waals surface area (Å²) in [6.07, 6.45) is 1.07. The summed E-state index contributed by atoms with van der Waals surface area (Å²) in [5.41, 5.74) is 2.72. The van der Waals surface area contributed by atoms with Gasteiger partial charge in [0.15, 0.2) is 0 Å². The molecule has 0 spiro atoms. The first-order chi connectivity index (χ1) is 4.83. The third-order valence-electron chi connectivity index (χ3n) is 1.43. The monoisotopic (exact) mass is 243 g/mol. The van der Waals surface area contributed by atoms with Gasteiger partial charge in [0.25, 0.3) is 0 Å². The first kappa shape index (κ1) is 8.11. The standard InChI is InChI=1S/C8H9BI/c1-7-2-4-8(5-3-7)6-9-10/h2-5H,6H2,1H3. The van der Waals surface area contributed by atoms with Crippen molar-refractivity contribution in [3.05, 3.63) is 35.4 Å². The van der Waals surface area contributed by atoms with Crippen molar-refractivity contribution in [2.75, 3.05) is 0 Å². The largest absolute Gasteiger partial charge is 0.204 e. The fourth-order valence-corrected chi connectivity index (χ4v) is 1.32. The Morgan fingerprint density at radius 2 is 1.90 bits per heavy atom. The van der Waals surface area contributed by atoms with E-state index in [1.807, 2.05) is 0 Å². The summed E-state index contributed by atoms with van der Waals surface area (Å²) >= 11 is 2.27. The summed E-state index contributed by atoms with van der Waals surface area (Å²) in [4.78, 5) is 0. The molecule has 0 aliphatic rings. The van der Waals surface area contributed by atoms with Crippen LogP contribution in [0, 0.1) is 6.92 Å². The van der Waals surface area contributed by atoms with Crippen LogP contribution in [0.25, 0.3) is 0 Å². The molecule has 1 aromatic carbocycles. The average Bonchev–Trinajstić information content (AvgIpc) is 1.95. The summed E-state index contributed by atoms with van der Waals surface area (Å²) in [6.45, 7) is 2.11. The maximum Gasteiger partial charge on any atom is 0.204 e. The molecule has 1 rings (SSSR count). The second-order valence-corrected chi connectivity index (χ2v) is 3.22. The van der Waals surface area contributed by atoms with E-state index in [4.69, 9.17) is 0 Å². The molecule has 0 N–H and O–H groups in total. The van der Waals surface area contributed by atoms with Gasteiger partial charge in [-0.1, -0.05) is 35.4 Å². The van der Waals surface area contributed by atoms with Gasteiger partial charge in [0.1, 0.15) is 0 Å². The number of hydrogen-bond acceptors (Lipinski definition) is 0. The van der Waals surface area contributed by atoms with Crippen LogP contribution in [0.1, 0.15) is 11.1 Å². The normalized spacial score (nSPS) is 9.40. The molecule has 0 saturated carbocycles. The van der Waals surface area contributed by atoms with Crippen molar-refractivity contribution in [1.29, 1.82) is 0 Å². The Kier molecular flexibility index (Phi) is 3.26. The Morgan fingerprint density at radius 3 is 2.40 bits per heavy atom. The van der Waals surface area contributed by atoms with Crippen LogP contribution in [-0.4, -0.2) is 5.14 Å². The van der Waals surface area contributed by atoms with Gasteiger partial charge in [0, 0.05) is 0 Å². The minimum Gasteiger partial charge on any atom is -0.158 e. The van der Waals surface area contributed by atoms with E-state index in [-0.39, 0.29) is 0 Å². The summed E-state index contributed by atoms with van der Waals surface area (Å²) in [7, 11) is 0. The molecule has 1 aromatic rings. The Balaban J connectivity index is 2.69. The van der Waals surface area contributed by atoms with E-state index in [1.165, 1.54) is 11.1 Å². The van der Waals surface area contributed by atoms with Crippen molar-refractivity contribution in [2.24, 2.45) is 0 Å². The molecule has 0 heterocycles. The van der Waals surface area contributed by atoms with Crippen LogP contribution < -0.4 is 0 Å². The van der Waals surface area contributed by atoms with Gasteiger partial charge in [-0.05, 0) is 13.2 Å². The van der Waals surface area contributed by atoms with Crippen LogP contribution in [0.4, 0.5) is 0 Å². The average molecular weight is 243 g/mol. The maximum atomic E-state index is 2.27. The lowest BCUT2D eigenvalue weighted by Gasteiger charge is -1.96. The second-order valence-electron chi connectivity index (χ2n) is 2.34. The molecular formula is C8H9BI. The highest BCUT2D eigenvalue weighted by Gasteiger charge is 1.90. The number of hydrogen-bond donors (Lipinski definition) is 0. The van der Waals surface area contributed by atoms with Crippen LogP contribution in [0.5, 0.6) is 0 Å². The molecule has 0 atom stereocenters. The van der Waals surface area contributed by atoms with Crippen LogP contribution in [0.2, 0.25) is 0 Å². The van der Waals surface area contributed by atoms with Crippen molar-refractivity contribution in [1.82, 2.24) is 0 Å². The van der Waals surface area contributed by atoms with Gasteiger partial charge in [0.2, 0.25) is 5.14 Å². The van der Waals surface area contributed by atoms with Gasteiger partial charge < -0.3 is 0 Å². The molecule has 0 amide bonds. The lowest BCUT2D eigenvalue weighted by atomic mass is 9.96. The fraction of sp³-hybridized carbons (Fsp3) is 0.250. The van der Waals surface area contributed by atoms with Crippen molar-refractivity contribution in [2.45, 2.75) is 13.2 Å². The summed E-state index contributed by atoms with van der Waals surface area (Å²) in [5, 5.41) is 2.14. The molecule has 0 aliphatic heterocycles. The maximum absolute atomic E-state index is 2.27. The van der Waals surface area contributed by atoms with Crippen molar-refractivity contribution >= 4 is 27.5 Å². The molecule has 2 heteroatoms. The summed E-state index contributed by atoms with van der Waals surface area (Å²) < 4.78 is 0. The topological polar surface area (TPSA) is 0 Å². The fourth-order valence-electron chi connectivity index (χ4n) is 0.813. The van der Waals surface area contributed by atoms with Gasteiger partial charge in [-0.2, -0.15) is 22.4 Å². The van der Waals surface area contributed by atoms with Crippen LogP contribution in [0.3, 0.4) is 0 Å². The highest BCUT2D eigenvalue weighted by atomic mass is 127. The van der Waals surface area contributed by atoms with E-state index in [1.54, 1.807) is 0 Å². The van der Waals surface area contributed by atoms with Crippen molar-refractivity contribution < 1.29 is 0 Å². The molecule has 0 fully saturated rings. The Labute approximate surface area is 76.1 Å². The minimum atomic E-state index is 1.07. The van der Waals surface area contributed by atoms with Gasteiger partial charge in [-0.15, -0.1) is 0 Å². The van der Waals surface area contributed by atoms with Gasteiger partial charge in [0.05, 0.1) is 0 Å². The smallest absolute Gasteiger partial charge is 0.158 e. The Morgan fingerprint density at radius 1 is 1.30 bits per heavy atom. The Hall–Kier alpha value is 0.0149. The van der Waals surface area contributed by atoms with E-state index in [0.29, 0.717) is 0 Å². The first-order valence-corrected chi connectivity index (χ1v) is 4.55. The predicted molar refractivity (Wildman–Crippen MR) is 54.7 cm³/mol. The highest BCUT2D eigenvalue weighted by molar-refractivity contribution is 14.1. The number of halogens is 1. The number of aryl methyl sites for hydroxylation is 1. The molecule has 51 valence electrons. The molecule has 0 aliphatic carbocycles. The predicted octanol–water partition coefficient (Wildman–Crippen LogP) is 2.55. The van der Waals surface area contributed by atoms with E-state index in [2.05, 4.69) is 58.7 Å². The molecule has 0 saturated heterocycles. The highest BCUT2D eigenvalue weighted by Crippen LogP contribution is 2.03. The molecule has 0 nitrogen and oxygen atoms in total. The van der Waals surface area contributed by atoms with E-state index < -0.39 is 0 Å². The van der Waals surface area contributed by atoms with Crippen LogP contribution in [-0.2, 0) is 6.32 Å². The van der Waals surface area contributed by atoms with E-state index >= 15 is 0 Å². The lowest BCUT2D eigenvalue weighted by molar-refractivity contribution is 1.36. The van der Waals surface area contributed by atoms with Gasteiger partial charge >= 0.3 is 0 Å². The summed E-state index contributed by atoms with van der Waals surface area (Å²) in [5.74, 6) is 0. The van der Waals surface area contributed by atoms with E-state index in [0.717, 1.165) is 6.32 Å². The van der Waals surface area contributed by atoms with Gasteiger partial charge in [-0.25, -0.2) is 0 Å².